The molecule has 0 unspecified atom stereocenters. The lowest BCUT2D eigenvalue weighted by molar-refractivity contribution is -0.121. The monoisotopic (exact) mass is 474 g/mol. The van der Waals surface area contributed by atoms with E-state index in [-0.39, 0.29) is 31.1 Å². The van der Waals surface area contributed by atoms with Gasteiger partial charge in [0.05, 0.1) is 11.4 Å². The number of aliphatic hydroxyl groups is 1. The minimum absolute atomic E-state index is 0.0307. The molecule has 27 heavy (non-hydrogen) atoms. The SMILES string of the molecule is O=C(CN(Cc1ccc(Cl)cc1)S(=O)(=O)c1ccc(Br)cc1)NCCCO. The second kappa shape index (κ2) is 10.2. The maximum absolute atomic E-state index is 13.0. The third kappa shape index (κ3) is 6.58. The van der Waals surface area contributed by atoms with Crippen molar-refractivity contribution in [3.05, 3.63) is 63.6 Å². The summed E-state index contributed by atoms with van der Waals surface area (Å²) in [7, 11) is -3.88. The van der Waals surface area contributed by atoms with Crippen molar-refractivity contribution in [3.63, 3.8) is 0 Å². The van der Waals surface area contributed by atoms with Crippen LogP contribution in [-0.2, 0) is 21.4 Å². The first-order valence-corrected chi connectivity index (χ1v) is 10.8. The summed E-state index contributed by atoms with van der Waals surface area (Å²) < 4.78 is 28.0. The molecule has 0 heterocycles. The zero-order valence-corrected chi connectivity index (χ0v) is 17.6. The van der Waals surface area contributed by atoms with Crippen LogP contribution in [0.15, 0.2) is 57.9 Å². The van der Waals surface area contributed by atoms with Crippen LogP contribution in [0, 0.1) is 0 Å². The largest absolute Gasteiger partial charge is 0.396 e. The molecular formula is C18H20BrClN2O4S. The van der Waals surface area contributed by atoms with Gasteiger partial charge in [-0.1, -0.05) is 39.7 Å². The predicted molar refractivity (Wildman–Crippen MR) is 108 cm³/mol. The number of hydrogen-bond donors (Lipinski definition) is 2. The van der Waals surface area contributed by atoms with E-state index >= 15 is 0 Å². The number of hydrogen-bond acceptors (Lipinski definition) is 4. The van der Waals surface area contributed by atoms with Crippen LogP contribution in [0.1, 0.15) is 12.0 Å². The summed E-state index contributed by atoms with van der Waals surface area (Å²) in [5.74, 6) is -0.432. The van der Waals surface area contributed by atoms with Crippen molar-refractivity contribution in [2.45, 2.75) is 17.9 Å². The Hall–Kier alpha value is -1.45. The number of carbonyl (C=O) groups is 1. The number of amides is 1. The molecule has 2 N–H and O–H groups in total. The van der Waals surface area contributed by atoms with Gasteiger partial charge in [0.15, 0.2) is 0 Å². The Bertz CT molecular complexity index is 858. The number of aliphatic hydroxyl groups excluding tert-OH is 1. The zero-order valence-electron chi connectivity index (χ0n) is 14.4. The molecule has 1 amide bonds. The fourth-order valence-corrected chi connectivity index (χ4v) is 4.07. The van der Waals surface area contributed by atoms with Gasteiger partial charge in [0.1, 0.15) is 0 Å². The highest BCUT2D eigenvalue weighted by Crippen LogP contribution is 2.21. The zero-order chi connectivity index (χ0) is 19.9. The quantitative estimate of drug-likeness (QED) is 0.546. The first-order valence-electron chi connectivity index (χ1n) is 8.20. The fraction of sp³-hybridized carbons (Fsp3) is 0.278. The third-order valence-corrected chi connectivity index (χ3v) is 6.29. The van der Waals surface area contributed by atoms with Gasteiger partial charge in [-0.25, -0.2) is 8.42 Å². The van der Waals surface area contributed by atoms with Gasteiger partial charge >= 0.3 is 0 Å². The highest BCUT2D eigenvalue weighted by molar-refractivity contribution is 9.10. The number of sulfonamides is 1. The summed E-state index contributed by atoms with van der Waals surface area (Å²) in [6.07, 6.45) is 0.405. The molecule has 2 aromatic carbocycles. The van der Waals surface area contributed by atoms with E-state index < -0.39 is 15.9 Å². The van der Waals surface area contributed by atoms with E-state index in [1.807, 2.05) is 0 Å². The van der Waals surface area contributed by atoms with Gasteiger partial charge in [0.25, 0.3) is 0 Å². The number of nitrogens with one attached hydrogen (secondary N) is 1. The van der Waals surface area contributed by atoms with E-state index in [9.17, 15) is 13.2 Å². The number of nitrogens with zero attached hydrogens (tertiary/aromatic N) is 1. The van der Waals surface area contributed by atoms with Gasteiger partial charge in [-0.05, 0) is 48.4 Å². The molecule has 0 bridgehead atoms. The predicted octanol–water partition coefficient (Wildman–Crippen LogP) is 2.79. The molecule has 0 aliphatic rings. The van der Waals surface area contributed by atoms with Crippen molar-refractivity contribution in [3.8, 4) is 0 Å². The summed E-state index contributed by atoms with van der Waals surface area (Å²) >= 11 is 9.16. The Kier molecular flexibility index (Phi) is 8.25. The van der Waals surface area contributed by atoms with E-state index in [0.717, 1.165) is 8.78 Å². The van der Waals surface area contributed by atoms with Crippen LogP contribution in [0.2, 0.25) is 5.02 Å². The van der Waals surface area contributed by atoms with Crippen LogP contribution >= 0.6 is 27.5 Å². The van der Waals surface area contributed by atoms with Crippen LogP contribution in [-0.4, -0.2) is 43.4 Å². The van der Waals surface area contributed by atoms with E-state index in [2.05, 4.69) is 21.2 Å². The fourth-order valence-electron chi connectivity index (χ4n) is 2.30. The van der Waals surface area contributed by atoms with Gasteiger partial charge in [-0.15, -0.1) is 0 Å². The molecule has 0 saturated carbocycles. The van der Waals surface area contributed by atoms with Crippen LogP contribution in [0.4, 0.5) is 0 Å². The first kappa shape index (κ1) is 21.8. The Balaban J connectivity index is 2.25. The van der Waals surface area contributed by atoms with Crippen molar-refractivity contribution in [2.75, 3.05) is 19.7 Å². The van der Waals surface area contributed by atoms with Gasteiger partial charge in [-0.3, -0.25) is 4.79 Å². The average molecular weight is 476 g/mol. The average Bonchev–Trinajstić information content (AvgIpc) is 2.63. The van der Waals surface area contributed by atoms with Gasteiger partial charge in [-0.2, -0.15) is 4.31 Å². The molecule has 0 fully saturated rings. The summed E-state index contributed by atoms with van der Waals surface area (Å²) in [4.78, 5) is 12.3. The van der Waals surface area contributed by atoms with E-state index in [4.69, 9.17) is 16.7 Å². The molecule has 6 nitrogen and oxygen atoms in total. The molecule has 0 aliphatic heterocycles. The molecular weight excluding hydrogens is 456 g/mol. The lowest BCUT2D eigenvalue weighted by atomic mass is 10.2. The number of carbonyl (C=O) groups excluding carboxylic acids is 1. The Labute approximate surface area is 172 Å². The van der Waals surface area contributed by atoms with Gasteiger partial charge in [0, 0.05) is 29.2 Å². The Morgan fingerprint density at radius 2 is 1.74 bits per heavy atom. The second-order valence-corrected chi connectivity index (χ2v) is 9.07. The molecule has 146 valence electrons. The van der Waals surface area contributed by atoms with Crippen molar-refractivity contribution >= 4 is 43.5 Å². The highest BCUT2D eigenvalue weighted by atomic mass is 79.9. The maximum Gasteiger partial charge on any atom is 0.243 e. The number of halogens is 2. The van der Waals surface area contributed by atoms with Gasteiger partial charge in [0.2, 0.25) is 15.9 Å². The lowest BCUT2D eigenvalue weighted by Gasteiger charge is -2.22. The molecule has 0 aliphatic carbocycles. The van der Waals surface area contributed by atoms with Crippen LogP contribution in [0.3, 0.4) is 0 Å². The normalized spacial score (nSPS) is 11.6. The molecule has 9 heteroatoms. The molecule has 2 aromatic rings. The summed E-state index contributed by atoms with van der Waals surface area (Å²) in [5, 5.41) is 12.0. The second-order valence-electron chi connectivity index (χ2n) is 5.78. The Morgan fingerprint density at radius 1 is 1.11 bits per heavy atom. The third-order valence-electron chi connectivity index (χ3n) is 3.70. The lowest BCUT2D eigenvalue weighted by Crippen LogP contribution is -2.40. The Morgan fingerprint density at radius 3 is 2.33 bits per heavy atom. The summed E-state index contributed by atoms with van der Waals surface area (Å²) in [6, 6.07) is 13.0. The first-order chi connectivity index (χ1) is 12.8. The van der Waals surface area contributed by atoms with Crippen LogP contribution in [0.5, 0.6) is 0 Å². The number of benzene rings is 2. The molecule has 2 rings (SSSR count). The van der Waals surface area contributed by atoms with Gasteiger partial charge < -0.3 is 10.4 Å². The van der Waals surface area contributed by atoms with Crippen molar-refractivity contribution < 1.29 is 18.3 Å². The molecule has 0 aromatic heterocycles. The van der Waals surface area contributed by atoms with E-state index in [1.165, 1.54) is 12.1 Å². The number of rotatable bonds is 9. The van der Waals surface area contributed by atoms with E-state index in [1.54, 1.807) is 36.4 Å². The smallest absolute Gasteiger partial charge is 0.243 e. The van der Waals surface area contributed by atoms with Crippen molar-refractivity contribution in [2.24, 2.45) is 0 Å². The molecule has 0 atom stereocenters. The minimum Gasteiger partial charge on any atom is -0.396 e. The van der Waals surface area contributed by atoms with Crippen LogP contribution in [0.25, 0.3) is 0 Å². The summed E-state index contributed by atoms with van der Waals surface area (Å²) in [5.41, 5.74) is 0.711. The molecule has 0 radical (unpaired) electrons. The minimum atomic E-state index is -3.88. The summed E-state index contributed by atoms with van der Waals surface area (Å²) in [6.45, 7) is -0.0656. The van der Waals surface area contributed by atoms with E-state index in [0.29, 0.717) is 17.0 Å². The van der Waals surface area contributed by atoms with Crippen LogP contribution < -0.4 is 5.32 Å². The highest BCUT2D eigenvalue weighted by Gasteiger charge is 2.26. The topological polar surface area (TPSA) is 86.7 Å². The molecule has 0 spiro atoms. The maximum atomic E-state index is 13.0. The standard InChI is InChI=1S/C18H20BrClN2O4S/c19-15-4-8-17(9-5-15)27(25,26)22(13-18(24)21-10-1-11-23)12-14-2-6-16(20)7-3-14/h2-9,23H,1,10-13H2,(H,21,24). The van der Waals surface area contributed by atoms with Crippen molar-refractivity contribution in [1.82, 2.24) is 9.62 Å². The molecule has 0 saturated heterocycles. The van der Waals surface area contributed by atoms with Crippen molar-refractivity contribution in [1.29, 1.82) is 0 Å².